The number of methoxy groups -OCH3 is 1. The van der Waals surface area contributed by atoms with Crippen LogP contribution in [0.5, 0.6) is 5.75 Å². The molecule has 0 saturated carbocycles. The molecule has 5 N–H and O–H groups in total. The first kappa shape index (κ1) is 91.3. The second-order valence-electron chi connectivity index (χ2n) is 36.7. The molecule has 20 rings (SSSR count). The zero-order valence-electron chi connectivity index (χ0n) is 75.1. The fourth-order valence-electron chi connectivity index (χ4n) is 17.3. The highest BCUT2D eigenvalue weighted by atomic mass is 35.5. The van der Waals surface area contributed by atoms with Gasteiger partial charge in [-0.2, -0.15) is 25.5 Å². The Balaban J connectivity index is 0.000000118. The molecule has 15 heterocycles. The van der Waals surface area contributed by atoms with Crippen LogP contribution in [0, 0.1) is 45.6 Å². The molecule has 129 heavy (non-hydrogen) atoms. The van der Waals surface area contributed by atoms with E-state index in [4.69, 9.17) is 77.7 Å². The second-order valence-corrected chi connectivity index (χ2v) is 38.7. The van der Waals surface area contributed by atoms with Crippen molar-refractivity contribution in [2.45, 2.75) is 166 Å². The molecular formula is C96H110Cl5F2N25O. The van der Waals surface area contributed by atoms with E-state index in [0.717, 1.165) is 176 Å². The summed E-state index contributed by atoms with van der Waals surface area (Å²) in [5, 5.41) is 38.5. The van der Waals surface area contributed by atoms with Crippen molar-refractivity contribution in [2.24, 2.45) is 27.1 Å². The van der Waals surface area contributed by atoms with E-state index >= 15 is 0 Å². The first-order valence-corrected chi connectivity index (χ1v) is 46.5. The predicted octanol–water partition coefficient (Wildman–Crippen LogP) is 23.7. The van der Waals surface area contributed by atoms with Crippen LogP contribution in [0.2, 0.25) is 25.1 Å². The molecule has 0 unspecified atom stereocenters. The van der Waals surface area contributed by atoms with Gasteiger partial charge in [0.25, 0.3) is 0 Å². The lowest BCUT2D eigenvalue weighted by atomic mass is 9.78. The van der Waals surface area contributed by atoms with Crippen LogP contribution in [0.4, 0.5) is 37.9 Å². The monoisotopic (exact) mass is 1840 g/mol. The number of H-pyrrole nitrogens is 5. The van der Waals surface area contributed by atoms with E-state index in [2.05, 4.69) is 180 Å². The van der Waals surface area contributed by atoms with Crippen molar-refractivity contribution in [1.82, 2.24) is 101 Å². The Kier molecular flexibility index (Phi) is 27.3. The number of aromatic nitrogens is 20. The fourth-order valence-corrected chi connectivity index (χ4v) is 18.3. The summed E-state index contributed by atoms with van der Waals surface area (Å²) in [4.78, 5) is 57.8. The van der Waals surface area contributed by atoms with E-state index in [9.17, 15) is 8.78 Å². The SMILES string of the molecule is CC1(C)CCN(c2cnc3c(-c4cccc(Cl)c4F)[nH]nc3n2)CC1.CCC1(C)CCN(c2cnc3c(-c4cccc(Cl)c4C)[nH]nc3n2)CC1.CCC1(C)CCN(c2cnc3c(-c4cccc(Cl)c4F)[nH]nc3n2)CC1.CCC1(C)CCN(c2cnc3c(-c4cccc(OC)c4Cl)[nH]nc3n2)CC1.CCC1(C)CCN(c2cnc3c(-c4ccccc4Cl)[nH]nc3n2)CC1. The van der Waals surface area contributed by atoms with Crippen LogP contribution in [0.15, 0.2) is 128 Å². The number of aromatic amines is 5. The van der Waals surface area contributed by atoms with Gasteiger partial charge in [0, 0.05) is 98.3 Å². The first-order chi connectivity index (χ1) is 62.1. The number of piperidine rings is 5. The van der Waals surface area contributed by atoms with Crippen molar-refractivity contribution in [3.63, 3.8) is 0 Å². The van der Waals surface area contributed by atoms with Gasteiger partial charge in [0.15, 0.2) is 11.6 Å². The first-order valence-electron chi connectivity index (χ1n) is 44.6. The number of anilines is 5. The molecule has 5 aromatic carbocycles. The summed E-state index contributed by atoms with van der Waals surface area (Å²) < 4.78 is 33.9. The minimum atomic E-state index is -0.487. The lowest BCUT2D eigenvalue weighted by Gasteiger charge is -2.39. The van der Waals surface area contributed by atoms with Crippen LogP contribution in [0.1, 0.15) is 165 Å². The van der Waals surface area contributed by atoms with Crippen molar-refractivity contribution in [2.75, 3.05) is 97.1 Å². The molecule has 33 heteroatoms. The summed E-state index contributed by atoms with van der Waals surface area (Å²) in [6.45, 7) is 35.1. The van der Waals surface area contributed by atoms with Gasteiger partial charge in [0.05, 0.1) is 86.7 Å². The largest absolute Gasteiger partial charge is 0.495 e. The standard InChI is InChI=1S/C20H24ClN5O.C20H24ClN5.C19H21ClFN5.C19H22ClN5.C18H19ClFN5/c1-4-20(2)8-10-26(11-9-20)15-12-22-18-17(24-25-19(18)23-15)13-6-5-7-14(27-3)16(13)21;1-4-20(3)8-10-26(11-9-20)16-12-22-18-17(24-25-19(18)23-16)14-6-5-7-15(21)13(14)2;1-3-19(2)7-9-26(10-8-19)14-11-22-17-16(24-25-18(17)23-14)12-5-4-6-13(20)15(12)21;1-3-19(2)8-10-25(11-9-19)15-12-21-17-16(23-24-18(17)22-15)13-6-4-5-7-14(13)20;1-18(2)6-8-25(9-7-18)13-10-21-16-15(23-24-17(16)22-13)11-4-3-5-12(19)14(11)20/h5-7,12H,4,8-11H2,1-3H3,(H,23,24,25);5-7,12H,4,8-11H2,1-3H3,(H,23,24,25);4-6,11H,3,7-10H2,1-2H3,(H,23,24,25);4-7,12H,3,8-11H2,1-2H3,(H,22,23,24);3-5,10H,6-9H2,1-2H3,(H,22,23,24). The van der Waals surface area contributed by atoms with Gasteiger partial charge in [0.2, 0.25) is 28.2 Å². The summed E-state index contributed by atoms with van der Waals surface area (Å²) in [7, 11) is 1.60. The Hall–Kier alpha value is -11.0. The van der Waals surface area contributed by atoms with Gasteiger partial charge in [-0.1, -0.05) is 208 Å². The van der Waals surface area contributed by atoms with Crippen LogP contribution in [0.25, 0.3) is 112 Å². The molecule has 5 aliphatic heterocycles. The third kappa shape index (κ3) is 19.7. The van der Waals surface area contributed by atoms with Crippen LogP contribution in [0.3, 0.4) is 0 Å². The Bertz CT molecular complexity index is 6310. The van der Waals surface area contributed by atoms with Gasteiger partial charge >= 0.3 is 0 Å². The number of halogens is 7. The number of nitrogens with one attached hydrogen (secondary N) is 5. The fraction of sp³-hybridized carbons (Fsp3) is 0.427. The number of rotatable bonds is 15. The Labute approximate surface area is 774 Å². The lowest BCUT2D eigenvalue weighted by molar-refractivity contribution is 0.237. The third-order valence-electron chi connectivity index (χ3n) is 27.9. The number of fused-ring (bicyclic) bond motifs is 5. The highest BCUT2D eigenvalue weighted by molar-refractivity contribution is 6.35. The van der Waals surface area contributed by atoms with E-state index in [0.29, 0.717) is 110 Å². The quantitative estimate of drug-likeness (QED) is 0.0637. The van der Waals surface area contributed by atoms with Crippen molar-refractivity contribution in [3.05, 3.63) is 170 Å². The maximum atomic E-state index is 14.3. The van der Waals surface area contributed by atoms with Gasteiger partial charge in [-0.25, -0.2) is 58.6 Å². The molecule has 0 radical (unpaired) electrons. The van der Waals surface area contributed by atoms with E-state index < -0.39 is 11.6 Å². The van der Waals surface area contributed by atoms with Gasteiger partial charge in [-0.05, 0) is 146 Å². The summed E-state index contributed by atoms with van der Waals surface area (Å²) in [6.07, 6.45) is 25.5. The summed E-state index contributed by atoms with van der Waals surface area (Å²) in [5.41, 5.74) is 16.2. The van der Waals surface area contributed by atoms with Gasteiger partial charge in [0.1, 0.15) is 62.4 Å². The second kappa shape index (κ2) is 38.6. The zero-order chi connectivity index (χ0) is 90.7. The molecule has 26 nitrogen and oxygen atoms in total. The molecule has 0 spiro atoms. The van der Waals surface area contributed by atoms with E-state index in [1.807, 2.05) is 86.2 Å². The number of nitrogens with zero attached hydrogens (tertiary/aromatic N) is 20. The van der Waals surface area contributed by atoms with Gasteiger partial charge in [-0.15, -0.1) is 0 Å². The zero-order valence-corrected chi connectivity index (χ0v) is 78.9. The molecule has 5 aliphatic rings. The van der Waals surface area contributed by atoms with Crippen LogP contribution < -0.4 is 29.2 Å². The molecule has 15 aromatic rings. The van der Waals surface area contributed by atoms with Crippen LogP contribution >= 0.6 is 58.0 Å². The van der Waals surface area contributed by atoms with Crippen molar-refractivity contribution in [3.8, 4) is 62.0 Å². The van der Waals surface area contributed by atoms with E-state index in [1.165, 1.54) is 76.3 Å². The van der Waals surface area contributed by atoms with Crippen molar-refractivity contribution in [1.29, 1.82) is 0 Å². The third-order valence-corrected chi connectivity index (χ3v) is 29.6. The molecule has 674 valence electrons. The Morgan fingerprint density at radius 1 is 0.326 bits per heavy atom. The maximum absolute atomic E-state index is 14.3. The number of benzene rings is 5. The summed E-state index contributed by atoms with van der Waals surface area (Å²) in [5.74, 6) is 3.98. The van der Waals surface area contributed by atoms with Crippen molar-refractivity contribution >= 4 is 143 Å². The van der Waals surface area contributed by atoms with Crippen LogP contribution in [-0.2, 0) is 0 Å². The lowest BCUT2D eigenvalue weighted by Crippen LogP contribution is -2.38. The Morgan fingerprint density at radius 3 is 0.899 bits per heavy atom. The number of ether oxygens (including phenoxy) is 1. The summed E-state index contributed by atoms with van der Waals surface area (Å²) >= 11 is 30.8. The van der Waals surface area contributed by atoms with E-state index in [1.54, 1.807) is 43.8 Å². The molecule has 0 aliphatic carbocycles. The molecule has 0 amide bonds. The number of hydrogen-bond acceptors (Lipinski definition) is 21. The maximum Gasteiger partial charge on any atom is 0.202 e. The average Bonchev–Trinajstić information content (AvgIpc) is 1.67. The topological polar surface area (TPSA) is 298 Å². The molecular weight excluding hydrogens is 1730 g/mol. The average molecular weight is 1850 g/mol. The van der Waals surface area contributed by atoms with Gasteiger partial charge in [-0.3, -0.25) is 25.5 Å². The van der Waals surface area contributed by atoms with Crippen LogP contribution in [-0.4, -0.2) is 173 Å². The minimum Gasteiger partial charge on any atom is -0.495 e. The predicted molar refractivity (Wildman–Crippen MR) is 516 cm³/mol. The number of hydrogen-bond donors (Lipinski definition) is 5. The molecule has 10 aromatic heterocycles. The van der Waals surface area contributed by atoms with Gasteiger partial charge < -0.3 is 29.2 Å². The molecule has 5 fully saturated rings. The van der Waals surface area contributed by atoms with E-state index in [-0.39, 0.29) is 10.0 Å². The van der Waals surface area contributed by atoms with Crippen molar-refractivity contribution < 1.29 is 13.5 Å². The Morgan fingerprint density at radius 2 is 0.581 bits per heavy atom. The highest BCUT2D eigenvalue weighted by Crippen LogP contribution is 2.44. The normalized spacial score (nSPS) is 17.0. The smallest absolute Gasteiger partial charge is 0.202 e. The minimum absolute atomic E-state index is 0.0701. The molecule has 0 atom stereocenters. The summed E-state index contributed by atoms with van der Waals surface area (Å²) in [6, 6.07) is 28.9. The highest BCUT2D eigenvalue weighted by Gasteiger charge is 2.35. The molecule has 0 bridgehead atoms. The molecule has 5 saturated heterocycles.